The normalized spacial score (nSPS) is 19.0. The molecule has 0 radical (unpaired) electrons. The summed E-state index contributed by atoms with van der Waals surface area (Å²) < 4.78 is 2.09. The Morgan fingerprint density at radius 2 is 2.00 bits per heavy atom. The maximum Gasteiger partial charge on any atom is 0.170 e. The summed E-state index contributed by atoms with van der Waals surface area (Å²) in [5.74, 6) is 0.819. The molecule has 2 atom stereocenters. The van der Waals surface area contributed by atoms with Gasteiger partial charge in [0.15, 0.2) is 5.11 Å². The van der Waals surface area contributed by atoms with Crippen LogP contribution in [0.4, 0.5) is 0 Å². The molecule has 6 nitrogen and oxygen atoms in total. The van der Waals surface area contributed by atoms with Crippen LogP contribution in [0.1, 0.15) is 23.5 Å². The van der Waals surface area contributed by atoms with Crippen molar-refractivity contribution in [3.8, 4) is 5.82 Å². The molecule has 1 aliphatic heterocycles. The van der Waals surface area contributed by atoms with Crippen molar-refractivity contribution < 1.29 is 0 Å². The fourth-order valence-corrected chi connectivity index (χ4v) is 4.07. The third kappa shape index (κ3) is 4.12. The van der Waals surface area contributed by atoms with Crippen molar-refractivity contribution in [2.45, 2.75) is 12.1 Å². The molecule has 150 valence electrons. The van der Waals surface area contributed by atoms with Crippen LogP contribution in [-0.2, 0) is 0 Å². The van der Waals surface area contributed by atoms with Crippen molar-refractivity contribution in [2.75, 3.05) is 27.2 Å². The van der Waals surface area contributed by atoms with Crippen molar-refractivity contribution in [2.24, 2.45) is 0 Å². The van der Waals surface area contributed by atoms with E-state index in [9.17, 15) is 0 Å². The summed E-state index contributed by atoms with van der Waals surface area (Å²) in [5.41, 5.74) is 2.06. The standard InChI is InChI=1S/C21H23ClN6S/c1-26(2)12-13-28-20(19(25-21(28)29)16-6-3-4-10-23-16)17-7-5-11-27(17)18-9-8-15(22)14-24-18/h3-11,14,19-20H,12-13H2,1-2H3,(H,25,29)/t19-,20-/m0/s1. The number of likely N-dealkylation sites (N-methyl/N-ethyl adjacent to an activating group) is 1. The minimum absolute atomic E-state index is 0.00942. The summed E-state index contributed by atoms with van der Waals surface area (Å²) in [6, 6.07) is 13.8. The van der Waals surface area contributed by atoms with Crippen LogP contribution in [0.25, 0.3) is 5.82 Å². The lowest BCUT2D eigenvalue weighted by atomic mass is 10.0. The molecule has 3 aromatic rings. The van der Waals surface area contributed by atoms with Crippen molar-refractivity contribution >= 4 is 28.9 Å². The van der Waals surface area contributed by atoms with Gasteiger partial charge in [0.2, 0.25) is 0 Å². The second kappa shape index (κ2) is 8.49. The number of halogens is 1. The van der Waals surface area contributed by atoms with E-state index in [1.165, 1.54) is 0 Å². The molecule has 0 amide bonds. The molecule has 0 bridgehead atoms. The number of hydrogen-bond donors (Lipinski definition) is 1. The largest absolute Gasteiger partial charge is 0.352 e. The van der Waals surface area contributed by atoms with Crippen LogP contribution < -0.4 is 5.32 Å². The first-order valence-electron chi connectivity index (χ1n) is 9.46. The fourth-order valence-electron chi connectivity index (χ4n) is 3.63. The number of nitrogens with one attached hydrogen (secondary N) is 1. The molecule has 4 heterocycles. The van der Waals surface area contributed by atoms with Crippen LogP contribution in [-0.4, -0.2) is 56.6 Å². The molecule has 1 fully saturated rings. The molecule has 4 rings (SSSR count). The quantitative estimate of drug-likeness (QED) is 0.609. The first kappa shape index (κ1) is 19.8. The SMILES string of the molecule is CN(C)CCN1C(=S)N[C@@H](c2ccccn2)[C@@H]1c1cccn1-c1ccc(Cl)cn1. The average molecular weight is 427 g/mol. The molecule has 8 heteroatoms. The molecule has 3 aromatic heterocycles. The van der Waals surface area contributed by atoms with Gasteiger partial charge >= 0.3 is 0 Å². The molecule has 29 heavy (non-hydrogen) atoms. The average Bonchev–Trinajstić information content (AvgIpc) is 3.32. The lowest BCUT2D eigenvalue weighted by Gasteiger charge is -2.29. The molecule has 0 aliphatic carbocycles. The van der Waals surface area contributed by atoms with E-state index in [1.807, 2.05) is 48.8 Å². The summed E-state index contributed by atoms with van der Waals surface area (Å²) >= 11 is 11.8. The molecule has 0 spiro atoms. The van der Waals surface area contributed by atoms with Gasteiger partial charge < -0.3 is 19.7 Å². The van der Waals surface area contributed by atoms with Crippen LogP contribution in [0, 0.1) is 0 Å². The van der Waals surface area contributed by atoms with Crippen LogP contribution in [0.5, 0.6) is 0 Å². The predicted octanol–water partition coefficient (Wildman–Crippen LogP) is 3.45. The topological polar surface area (TPSA) is 49.2 Å². The van der Waals surface area contributed by atoms with E-state index in [2.05, 4.69) is 49.8 Å². The lowest BCUT2D eigenvalue weighted by molar-refractivity contribution is 0.272. The number of hydrogen-bond acceptors (Lipinski definition) is 4. The van der Waals surface area contributed by atoms with Crippen molar-refractivity contribution in [3.63, 3.8) is 0 Å². The highest BCUT2D eigenvalue weighted by Crippen LogP contribution is 2.39. The maximum absolute atomic E-state index is 6.04. The monoisotopic (exact) mass is 426 g/mol. The molecule has 0 unspecified atom stereocenters. The molecule has 0 saturated carbocycles. The Morgan fingerprint density at radius 3 is 2.69 bits per heavy atom. The van der Waals surface area contributed by atoms with Crippen molar-refractivity contribution in [1.29, 1.82) is 0 Å². The van der Waals surface area contributed by atoms with E-state index in [4.69, 9.17) is 23.8 Å². The highest BCUT2D eigenvalue weighted by atomic mass is 35.5. The number of rotatable bonds is 6. The second-order valence-corrected chi connectivity index (χ2v) is 8.08. The Balaban J connectivity index is 1.77. The van der Waals surface area contributed by atoms with E-state index < -0.39 is 0 Å². The predicted molar refractivity (Wildman–Crippen MR) is 119 cm³/mol. The Bertz CT molecular complexity index is 972. The van der Waals surface area contributed by atoms with Crippen molar-refractivity contribution in [3.05, 3.63) is 77.5 Å². The van der Waals surface area contributed by atoms with Gasteiger partial charge in [0.1, 0.15) is 5.82 Å². The van der Waals surface area contributed by atoms with E-state index in [0.717, 1.165) is 35.4 Å². The zero-order chi connectivity index (χ0) is 20.4. The fraction of sp³-hybridized carbons (Fsp3) is 0.286. The Hall–Kier alpha value is -2.48. The number of thiocarbonyl (C=S) groups is 1. The first-order valence-corrected chi connectivity index (χ1v) is 10.2. The highest BCUT2D eigenvalue weighted by Gasteiger charge is 2.41. The zero-order valence-corrected chi connectivity index (χ0v) is 17.9. The summed E-state index contributed by atoms with van der Waals surface area (Å²) in [4.78, 5) is 13.5. The number of aromatic nitrogens is 3. The molecule has 1 aliphatic rings. The lowest BCUT2D eigenvalue weighted by Crippen LogP contribution is -2.36. The Labute approximate surface area is 181 Å². The third-order valence-corrected chi connectivity index (χ3v) is 5.60. The van der Waals surface area contributed by atoms with Crippen LogP contribution in [0.2, 0.25) is 5.02 Å². The maximum atomic E-state index is 6.04. The van der Waals surface area contributed by atoms with E-state index in [1.54, 1.807) is 6.20 Å². The first-order chi connectivity index (χ1) is 14.0. The van der Waals surface area contributed by atoms with Crippen LogP contribution in [0.3, 0.4) is 0 Å². The van der Waals surface area contributed by atoms with Gasteiger partial charge in [-0.3, -0.25) is 4.98 Å². The smallest absolute Gasteiger partial charge is 0.170 e. The van der Waals surface area contributed by atoms with Gasteiger partial charge in [-0.05, 0) is 62.7 Å². The summed E-state index contributed by atoms with van der Waals surface area (Å²) in [7, 11) is 4.14. The summed E-state index contributed by atoms with van der Waals surface area (Å²) in [6.07, 6.45) is 5.50. The van der Waals surface area contributed by atoms with Gasteiger partial charge in [-0.2, -0.15) is 0 Å². The van der Waals surface area contributed by atoms with E-state index >= 15 is 0 Å². The Morgan fingerprint density at radius 1 is 1.14 bits per heavy atom. The van der Waals surface area contributed by atoms with Gasteiger partial charge in [-0.25, -0.2) is 4.98 Å². The van der Waals surface area contributed by atoms with Crippen molar-refractivity contribution in [1.82, 2.24) is 29.7 Å². The molecular weight excluding hydrogens is 404 g/mol. The summed E-state index contributed by atoms with van der Waals surface area (Å²) in [5, 5.41) is 4.85. The van der Waals surface area contributed by atoms with E-state index in [-0.39, 0.29) is 12.1 Å². The number of pyridine rings is 2. The van der Waals surface area contributed by atoms with Gasteiger partial charge in [-0.1, -0.05) is 17.7 Å². The summed E-state index contributed by atoms with van der Waals surface area (Å²) in [6.45, 7) is 1.71. The molecule has 1 saturated heterocycles. The van der Waals surface area contributed by atoms with E-state index in [0.29, 0.717) is 5.02 Å². The number of nitrogens with zero attached hydrogens (tertiary/aromatic N) is 5. The molecule has 1 N–H and O–H groups in total. The zero-order valence-electron chi connectivity index (χ0n) is 16.4. The van der Waals surface area contributed by atoms with Gasteiger partial charge in [-0.15, -0.1) is 0 Å². The van der Waals surface area contributed by atoms with Crippen LogP contribution in [0.15, 0.2) is 61.1 Å². The van der Waals surface area contributed by atoms with Gasteiger partial charge in [0.25, 0.3) is 0 Å². The minimum atomic E-state index is -0.0492. The minimum Gasteiger partial charge on any atom is -0.352 e. The van der Waals surface area contributed by atoms with Gasteiger partial charge in [0, 0.05) is 37.4 Å². The third-order valence-electron chi connectivity index (χ3n) is 5.03. The highest BCUT2D eigenvalue weighted by molar-refractivity contribution is 7.80. The van der Waals surface area contributed by atoms with Crippen LogP contribution >= 0.6 is 23.8 Å². The molecular formula is C21H23ClN6S. The Kier molecular flexibility index (Phi) is 5.80. The second-order valence-electron chi connectivity index (χ2n) is 7.26. The van der Waals surface area contributed by atoms with Gasteiger partial charge in [0.05, 0.1) is 22.8 Å². The molecule has 0 aromatic carbocycles.